The van der Waals surface area contributed by atoms with E-state index in [1.807, 2.05) is 11.9 Å². The molecule has 3 heteroatoms. The van der Waals surface area contributed by atoms with E-state index >= 15 is 0 Å². The highest BCUT2D eigenvalue weighted by molar-refractivity contribution is 5.75. The lowest BCUT2D eigenvalue weighted by molar-refractivity contribution is -0.130. The van der Waals surface area contributed by atoms with Crippen LogP contribution in [-0.4, -0.2) is 30.9 Å². The summed E-state index contributed by atoms with van der Waals surface area (Å²) in [5.74, 6) is 1.71. The first-order valence-electron chi connectivity index (χ1n) is 8.61. The van der Waals surface area contributed by atoms with Gasteiger partial charge in [-0.3, -0.25) is 4.79 Å². The molecule has 118 valence electrons. The van der Waals surface area contributed by atoms with E-state index in [9.17, 15) is 4.79 Å². The maximum absolute atomic E-state index is 12.2. The van der Waals surface area contributed by atoms with E-state index in [0.29, 0.717) is 18.2 Å². The summed E-state index contributed by atoms with van der Waals surface area (Å²) in [4.78, 5) is 14.2. The summed E-state index contributed by atoms with van der Waals surface area (Å²) in [7, 11) is 1.98. The van der Waals surface area contributed by atoms with Crippen molar-refractivity contribution in [3.8, 4) is 0 Å². The molecule has 1 amide bonds. The Balaban J connectivity index is 2.25. The van der Waals surface area contributed by atoms with E-state index < -0.39 is 0 Å². The van der Waals surface area contributed by atoms with Gasteiger partial charge in [-0.2, -0.15) is 0 Å². The molecule has 1 aliphatic carbocycles. The van der Waals surface area contributed by atoms with Crippen LogP contribution in [0.15, 0.2) is 0 Å². The molecule has 0 aromatic carbocycles. The minimum atomic E-state index is 0.327. The molecule has 0 bridgehead atoms. The summed E-state index contributed by atoms with van der Waals surface area (Å²) in [6, 6.07) is 0. The molecular formula is C17H34N2O. The maximum atomic E-state index is 12.2. The zero-order valence-corrected chi connectivity index (χ0v) is 13.6. The first-order valence-corrected chi connectivity index (χ1v) is 8.61. The zero-order chi connectivity index (χ0) is 14.8. The summed E-state index contributed by atoms with van der Waals surface area (Å²) >= 11 is 0. The van der Waals surface area contributed by atoms with E-state index in [0.717, 1.165) is 31.8 Å². The Hall–Kier alpha value is -0.570. The van der Waals surface area contributed by atoms with Gasteiger partial charge >= 0.3 is 0 Å². The van der Waals surface area contributed by atoms with Crippen molar-refractivity contribution in [2.75, 3.05) is 20.1 Å². The number of nitrogens with two attached hydrogens (primary N) is 1. The van der Waals surface area contributed by atoms with Crippen molar-refractivity contribution < 1.29 is 4.79 Å². The smallest absolute Gasteiger partial charge is 0.222 e. The summed E-state index contributed by atoms with van der Waals surface area (Å²) in [5.41, 5.74) is 5.65. The lowest BCUT2D eigenvalue weighted by atomic mass is 9.89. The third-order valence-corrected chi connectivity index (χ3v) is 4.72. The molecule has 1 fully saturated rings. The van der Waals surface area contributed by atoms with Crippen molar-refractivity contribution in [1.29, 1.82) is 0 Å². The second-order valence-electron chi connectivity index (χ2n) is 6.55. The third-order valence-electron chi connectivity index (χ3n) is 4.72. The van der Waals surface area contributed by atoms with Crippen LogP contribution in [0.1, 0.15) is 71.1 Å². The van der Waals surface area contributed by atoms with Crippen molar-refractivity contribution in [2.45, 2.75) is 71.1 Å². The van der Waals surface area contributed by atoms with E-state index in [1.165, 1.54) is 44.9 Å². The normalized spacial score (nSPS) is 17.9. The molecule has 0 aromatic rings. The summed E-state index contributed by atoms with van der Waals surface area (Å²) < 4.78 is 0. The summed E-state index contributed by atoms with van der Waals surface area (Å²) in [5, 5.41) is 0. The Morgan fingerprint density at radius 1 is 1.20 bits per heavy atom. The number of hydrogen-bond acceptors (Lipinski definition) is 2. The fourth-order valence-electron chi connectivity index (χ4n) is 3.45. The summed E-state index contributed by atoms with van der Waals surface area (Å²) in [6.45, 7) is 3.92. The second kappa shape index (κ2) is 10.2. The molecule has 20 heavy (non-hydrogen) atoms. The van der Waals surface area contributed by atoms with Crippen LogP contribution in [0.2, 0.25) is 0 Å². The predicted molar refractivity (Wildman–Crippen MR) is 85.5 cm³/mol. The average molecular weight is 282 g/mol. The van der Waals surface area contributed by atoms with Gasteiger partial charge in [0.05, 0.1) is 0 Å². The van der Waals surface area contributed by atoms with Gasteiger partial charge in [0.2, 0.25) is 5.91 Å². The molecule has 1 atom stereocenters. The van der Waals surface area contributed by atoms with E-state index in [2.05, 4.69) is 6.92 Å². The zero-order valence-electron chi connectivity index (χ0n) is 13.6. The van der Waals surface area contributed by atoms with Crippen LogP contribution < -0.4 is 5.73 Å². The van der Waals surface area contributed by atoms with Gasteiger partial charge in [0.25, 0.3) is 0 Å². The van der Waals surface area contributed by atoms with Gasteiger partial charge in [-0.15, -0.1) is 0 Å². The van der Waals surface area contributed by atoms with Crippen molar-refractivity contribution >= 4 is 5.91 Å². The van der Waals surface area contributed by atoms with Crippen molar-refractivity contribution in [2.24, 2.45) is 17.6 Å². The van der Waals surface area contributed by atoms with Gasteiger partial charge < -0.3 is 10.6 Å². The minimum absolute atomic E-state index is 0.327. The standard InChI is InChI=1S/C17H34N2O/c1-3-7-15(12-13-18)10-11-17(20)19(2)14-16-8-5-4-6-9-16/h15-16H,3-14,18H2,1-2H3. The van der Waals surface area contributed by atoms with Gasteiger partial charge in [0.1, 0.15) is 0 Å². The molecule has 0 aromatic heterocycles. The highest BCUT2D eigenvalue weighted by Gasteiger charge is 2.19. The fourth-order valence-corrected chi connectivity index (χ4v) is 3.45. The molecule has 0 heterocycles. The van der Waals surface area contributed by atoms with Crippen LogP contribution in [0.5, 0.6) is 0 Å². The molecule has 1 aliphatic rings. The Bertz CT molecular complexity index is 256. The maximum Gasteiger partial charge on any atom is 0.222 e. The monoisotopic (exact) mass is 282 g/mol. The van der Waals surface area contributed by atoms with Gasteiger partial charge in [-0.05, 0) is 44.1 Å². The lowest BCUT2D eigenvalue weighted by Gasteiger charge is -2.27. The van der Waals surface area contributed by atoms with E-state index in [-0.39, 0.29) is 0 Å². The van der Waals surface area contributed by atoms with Gasteiger partial charge in [0.15, 0.2) is 0 Å². The highest BCUT2D eigenvalue weighted by atomic mass is 16.2. The van der Waals surface area contributed by atoms with Crippen LogP contribution in [0.4, 0.5) is 0 Å². The number of carbonyl (C=O) groups is 1. The number of hydrogen-bond donors (Lipinski definition) is 1. The van der Waals surface area contributed by atoms with Crippen LogP contribution in [0, 0.1) is 11.8 Å². The topological polar surface area (TPSA) is 46.3 Å². The first-order chi connectivity index (χ1) is 9.67. The molecule has 1 saturated carbocycles. The number of rotatable bonds is 9. The molecule has 2 N–H and O–H groups in total. The quantitative estimate of drug-likeness (QED) is 0.702. The number of carbonyl (C=O) groups excluding carboxylic acids is 1. The highest BCUT2D eigenvalue weighted by Crippen LogP contribution is 2.24. The Morgan fingerprint density at radius 3 is 2.50 bits per heavy atom. The number of amides is 1. The lowest BCUT2D eigenvalue weighted by Crippen LogP contribution is -2.32. The molecular weight excluding hydrogens is 248 g/mol. The van der Waals surface area contributed by atoms with Gasteiger partial charge in [-0.25, -0.2) is 0 Å². The average Bonchev–Trinajstić information content (AvgIpc) is 2.46. The molecule has 0 aliphatic heterocycles. The molecule has 1 unspecified atom stereocenters. The molecule has 3 nitrogen and oxygen atoms in total. The Morgan fingerprint density at radius 2 is 1.90 bits per heavy atom. The van der Waals surface area contributed by atoms with Crippen LogP contribution in [0.25, 0.3) is 0 Å². The molecule has 1 rings (SSSR count). The largest absolute Gasteiger partial charge is 0.345 e. The molecule has 0 saturated heterocycles. The Kier molecular flexibility index (Phi) is 8.92. The van der Waals surface area contributed by atoms with E-state index in [4.69, 9.17) is 5.73 Å². The third kappa shape index (κ3) is 6.74. The van der Waals surface area contributed by atoms with Crippen molar-refractivity contribution in [3.63, 3.8) is 0 Å². The SMILES string of the molecule is CCCC(CCN)CCC(=O)N(C)CC1CCCCC1. The second-order valence-corrected chi connectivity index (χ2v) is 6.55. The minimum Gasteiger partial charge on any atom is -0.345 e. The number of nitrogens with zero attached hydrogens (tertiary/aromatic N) is 1. The van der Waals surface area contributed by atoms with Gasteiger partial charge in [-0.1, -0.05) is 39.0 Å². The molecule has 0 spiro atoms. The fraction of sp³-hybridized carbons (Fsp3) is 0.941. The van der Waals surface area contributed by atoms with E-state index in [1.54, 1.807) is 0 Å². The predicted octanol–water partition coefficient (Wildman–Crippen LogP) is 3.57. The summed E-state index contributed by atoms with van der Waals surface area (Å²) in [6.07, 6.45) is 11.9. The van der Waals surface area contributed by atoms with Crippen LogP contribution >= 0.6 is 0 Å². The first kappa shape index (κ1) is 17.5. The van der Waals surface area contributed by atoms with Crippen LogP contribution in [0.3, 0.4) is 0 Å². The Labute approximate surface area is 125 Å². The van der Waals surface area contributed by atoms with Crippen LogP contribution in [-0.2, 0) is 4.79 Å². The van der Waals surface area contributed by atoms with Crippen molar-refractivity contribution in [1.82, 2.24) is 4.90 Å². The molecule has 0 radical (unpaired) electrons. The van der Waals surface area contributed by atoms with Crippen molar-refractivity contribution in [3.05, 3.63) is 0 Å². The van der Waals surface area contributed by atoms with Gasteiger partial charge in [0, 0.05) is 20.0 Å².